The smallest absolute Gasteiger partial charge is 0.119 e. The Hall–Kier alpha value is -1.02. The molecule has 0 aliphatic carbocycles. The Labute approximate surface area is 124 Å². The predicted molar refractivity (Wildman–Crippen MR) is 85.2 cm³/mol. The van der Waals surface area contributed by atoms with Crippen LogP contribution in [-0.2, 0) is 0 Å². The van der Waals surface area contributed by atoms with Crippen molar-refractivity contribution in [3.63, 3.8) is 0 Å². The summed E-state index contributed by atoms with van der Waals surface area (Å²) in [7, 11) is 0. The SMILES string of the molecule is CCCCCCCCCCOc1ccc([C@H](C)O)cc1. The highest BCUT2D eigenvalue weighted by Gasteiger charge is 2.00. The highest BCUT2D eigenvalue weighted by Crippen LogP contribution is 2.17. The lowest BCUT2D eigenvalue weighted by Crippen LogP contribution is -1.98. The molecule has 0 aliphatic rings. The second-order valence-electron chi connectivity index (χ2n) is 5.57. The van der Waals surface area contributed by atoms with Crippen molar-refractivity contribution in [2.45, 2.75) is 71.3 Å². The molecule has 1 aromatic carbocycles. The number of ether oxygens (including phenoxy) is 1. The van der Waals surface area contributed by atoms with Crippen molar-refractivity contribution in [1.82, 2.24) is 0 Å². The monoisotopic (exact) mass is 278 g/mol. The molecule has 0 heterocycles. The van der Waals surface area contributed by atoms with Crippen LogP contribution in [-0.4, -0.2) is 11.7 Å². The Morgan fingerprint density at radius 1 is 0.900 bits per heavy atom. The van der Waals surface area contributed by atoms with Gasteiger partial charge in [0.15, 0.2) is 0 Å². The van der Waals surface area contributed by atoms with Crippen LogP contribution in [0.4, 0.5) is 0 Å². The van der Waals surface area contributed by atoms with Crippen molar-refractivity contribution in [2.24, 2.45) is 0 Å². The zero-order valence-electron chi connectivity index (χ0n) is 13.1. The third-order valence-corrected chi connectivity index (χ3v) is 3.63. The molecular weight excluding hydrogens is 248 g/mol. The van der Waals surface area contributed by atoms with E-state index in [0.29, 0.717) is 0 Å². The molecule has 0 bridgehead atoms. The van der Waals surface area contributed by atoms with Gasteiger partial charge in [-0.1, -0.05) is 64.0 Å². The maximum absolute atomic E-state index is 9.42. The van der Waals surface area contributed by atoms with Crippen LogP contribution >= 0.6 is 0 Å². The molecule has 1 rings (SSSR count). The molecule has 0 amide bonds. The van der Waals surface area contributed by atoms with E-state index in [1.165, 1.54) is 44.9 Å². The van der Waals surface area contributed by atoms with Crippen LogP contribution in [0.15, 0.2) is 24.3 Å². The number of aliphatic hydroxyl groups excluding tert-OH is 1. The molecule has 0 aliphatic heterocycles. The maximum atomic E-state index is 9.42. The van der Waals surface area contributed by atoms with Crippen LogP contribution in [0.2, 0.25) is 0 Å². The lowest BCUT2D eigenvalue weighted by atomic mass is 10.1. The normalized spacial score (nSPS) is 12.3. The van der Waals surface area contributed by atoms with Crippen molar-refractivity contribution in [1.29, 1.82) is 0 Å². The Kier molecular flexibility index (Phi) is 9.14. The molecule has 0 fully saturated rings. The van der Waals surface area contributed by atoms with Crippen LogP contribution in [0.3, 0.4) is 0 Å². The molecule has 0 spiro atoms. The zero-order chi connectivity index (χ0) is 14.6. The van der Waals surface area contributed by atoms with E-state index < -0.39 is 6.10 Å². The van der Waals surface area contributed by atoms with Crippen molar-refractivity contribution in [2.75, 3.05) is 6.61 Å². The number of benzene rings is 1. The van der Waals surface area contributed by atoms with Crippen molar-refractivity contribution < 1.29 is 9.84 Å². The summed E-state index contributed by atoms with van der Waals surface area (Å²) in [5.41, 5.74) is 0.935. The van der Waals surface area contributed by atoms with Gasteiger partial charge in [0.2, 0.25) is 0 Å². The molecule has 2 heteroatoms. The van der Waals surface area contributed by atoms with E-state index in [4.69, 9.17) is 4.74 Å². The van der Waals surface area contributed by atoms with Gasteiger partial charge in [0.1, 0.15) is 5.75 Å². The molecule has 0 radical (unpaired) electrons. The molecule has 1 aromatic rings. The van der Waals surface area contributed by atoms with Gasteiger partial charge in [0.25, 0.3) is 0 Å². The summed E-state index contributed by atoms with van der Waals surface area (Å²) in [6, 6.07) is 7.72. The second-order valence-corrected chi connectivity index (χ2v) is 5.57. The summed E-state index contributed by atoms with van der Waals surface area (Å²) in [5.74, 6) is 0.900. The van der Waals surface area contributed by atoms with E-state index in [0.717, 1.165) is 24.3 Å². The number of unbranched alkanes of at least 4 members (excludes halogenated alkanes) is 7. The molecular formula is C18H30O2. The fourth-order valence-corrected chi connectivity index (χ4v) is 2.27. The topological polar surface area (TPSA) is 29.5 Å². The van der Waals surface area contributed by atoms with Crippen molar-refractivity contribution in [3.8, 4) is 5.75 Å². The first-order chi connectivity index (χ1) is 9.74. The summed E-state index contributed by atoms with van der Waals surface area (Å²) in [5, 5.41) is 9.42. The summed E-state index contributed by atoms with van der Waals surface area (Å²) >= 11 is 0. The van der Waals surface area contributed by atoms with Gasteiger partial charge in [-0.25, -0.2) is 0 Å². The minimum absolute atomic E-state index is 0.406. The molecule has 1 N–H and O–H groups in total. The van der Waals surface area contributed by atoms with Gasteiger partial charge in [-0.05, 0) is 31.0 Å². The summed E-state index contributed by atoms with van der Waals surface area (Å²) in [4.78, 5) is 0. The zero-order valence-corrected chi connectivity index (χ0v) is 13.1. The molecule has 2 nitrogen and oxygen atoms in total. The Bertz CT molecular complexity index is 330. The maximum Gasteiger partial charge on any atom is 0.119 e. The fraction of sp³-hybridized carbons (Fsp3) is 0.667. The second kappa shape index (κ2) is 10.7. The molecule has 0 unspecified atom stereocenters. The number of aliphatic hydroxyl groups is 1. The first-order valence-corrected chi connectivity index (χ1v) is 8.15. The van der Waals surface area contributed by atoms with Gasteiger partial charge >= 0.3 is 0 Å². The fourth-order valence-electron chi connectivity index (χ4n) is 2.27. The van der Waals surface area contributed by atoms with Gasteiger partial charge in [0.05, 0.1) is 12.7 Å². The van der Waals surface area contributed by atoms with Gasteiger partial charge in [0, 0.05) is 0 Å². The van der Waals surface area contributed by atoms with Crippen molar-refractivity contribution >= 4 is 0 Å². The molecule has 20 heavy (non-hydrogen) atoms. The van der Waals surface area contributed by atoms with Crippen LogP contribution in [0.25, 0.3) is 0 Å². The third kappa shape index (κ3) is 7.54. The largest absolute Gasteiger partial charge is 0.494 e. The van der Waals surface area contributed by atoms with Gasteiger partial charge in [-0.2, -0.15) is 0 Å². The first kappa shape index (κ1) is 17.0. The molecule has 0 saturated heterocycles. The number of hydrogen-bond acceptors (Lipinski definition) is 2. The van der Waals surface area contributed by atoms with Gasteiger partial charge in [-0.15, -0.1) is 0 Å². The Morgan fingerprint density at radius 3 is 2.00 bits per heavy atom. The van der Waals surface area contributed by atoms with E-state index in [9.17, 15) is 5.11 Å². The van der Waals surface area contributed by atoms with E-state index in [1.807, 2.05) is 24.3 Å². The average Bonchev–Trinajstić information content (AvgIpc) is 2.46. The Balaban J connectivity index is 2.01. The van der Waals surface area contributed by atoms with Gasteiger partial charge in [-0.3, -0.25) is 0 Å². The van der Waals surface area contributed by atoms with Crippen LogP contribution in [0, 0.1) is 0 Å². The van der Waals surface area contributed by atoms with Crippen LogP contribution < -0.4 is 4.74 Å². The Morgan fingerprint density at radius 2 is 1.45 bits per heavy atom. The summed E-state index contributed by atoms with van der Waals surface area (Å²) in [6.07, 6.45) is 10.2. The molecule has 0 saturated carbocycles. The molecule has 0 aromatic heterocycles. The van der Waals surface area contributed by atoms with Crippen LogP contribution in [0.1, 0.15) is 76.9 Å². The quantitative estimate of drug-likeness (QED) is 0.559. The summed E-state index contributed by atoms with van der Waals surface area (Å²) in [6.45, 7) is 4.82. The van der Waals surface area contributed by atoms with Crippen molar-refractivity contribution in [3.05, 3.63) is 29.8 Å². The van der Waals surface area contributed by atoms with Gasteiger partial charge < -0.3 is 9.84 Å². The lowest BCUT2D eigenvalue weighted by molar-refractivity contribution is 0.199. The van der Waals surface area contributed by atoms with E-state index in [1.54, 1.807) is 6.92 Å². The molecule has 114 valence electrons. The standard InChI is InChI=1S/C18H30O2/c1-3-4-5-6-7-8-9-10-15-20-18-13-11-17(12-14-18)16(2)19/h11-14,16,19H,3-10,15H2,1-2H3/t16-/m0/s1. The van der Waals surface area contributed by atoms with E-state index in [2.05, 4.69) is 6.92 Å². The first-order valence-electron chi connectivity index (χ1n) is 8.15. The summed E-state index contributed by atoms with van der Waals surface area (Å²) < 4.78 is 5.70. The highest BCUT2D eigenvalue weighted by atomic mass is 16.5. The lowest BCUT2D eigenvalue weighted by Gasteiger charge is -2.08. The minimum Gasteiger partial charge on any atom is -0.494 e. The number of rotatable bonds is 11. The molecule has 1 atom stereocenters. The van der Waals surface area contributed by atoms with Crippen LogP contribution in [0.5, 0.6) is 5.75 Å². The average molecular weight is 278 g/mol. The third-order valence-electron chi connectivity index (χ3n) is 3.63. The highest BCUT2D eigenvalue weighted by molar-refractivity contribution is 5.28. The number of hydrogen-bond donors (Lipinski definition) is 1. The van der Waals surface area contributed by atoms with E-state index in [-0.39, 0.29) is 0 Å². The van der Waals surface area contributed by atoms with E-state index >= 15 is 0 Å². The predicted octanol–water partition coefficient (Wildman–Crippen LogP) is 5.26. The minimum atomic E-state index is -0.406.